The van der Waals surface area contributed by atoms with Crippen molar-refractivity contribution >= 4 is 5.57 Å². The van der Waals surface area contributed by atoms with Gasteiger partial charge in [-0.1, -0.05) is 109 Å². The lowest BCUT2D eigenvalue weighted by Gasteiger charge is -2.24. The van der Waals surface area contributed by atoms with Crippen molar-refractivity contribution in [2.24, 2.45) is 0 Å². The van der Waals surface area contributed by atoms with Gasteiger partial charge >= 0.3 is 0 Å². The molecule has 0 radical (unpaired) electrons. The summed E-state index contributed by atoms with van der Waals surface area (Å²) in [6, 6.07) is 8.79. The summed E-state index contributed by atoms with van der Waals surface area (Å²) in [5.74, 6) is 0. The Hall–Kier alpha value is -2.32. The molecule has 0 saturated carbocycles. The second-order valence-corrected chi connectivity index (χ2v) is 8.06. The van der Waals surface area contributed by atoms with E-state index in [1.807, 2.05) is 25.3 Å². The van der Waals surface area contributed by atoms with Gasteiger partial charge in [-0.05, 0) is 55.4 Å². The van der Waals surface area contributed by atoms with Crippen molar-refractivity contribution < 1.29 is 5.21 Å². The molecule has 1 aliphatic heterocycles. The molecule has 2 rings (SSSR count). The quantitative estimate of drug-likeness (QED) is 0.323. The fourth-order valence-electron chi connectivity index (χ4n) is 2.87. The van der Waals surface area contributed by atoms with Crippen LogP contribution in [0.25, 0.3) is 5.57 Å². The molecule has 1 N–H and O–H groups in total. The van der Waals surface area contributed by atoms with E-state index in [1.165, 1.54) is 34.6 Å². The van der Waals surface area contributed by atoms with E-state index in [0.717, 1.165) is 36.8 Å². The van der Waals surface area contributed by atoms with Crippen LogP contribution >= 0.6 is 0 Å². The molecule has 2 nitrogen and oxygen atoms in total. The van der Waals surface area contributed by atoms with Gasteiger partial charge in [0.15, 0.2) is 0 Å². The first-order valence-corrected chi connectivity index (χ1v) is 12.3. The topological polar surface area (TPSA) is 23.5 Å². The van der Waals surface area contributed by atoms with Crippen LogP contribution in [0.2, 0.25) is 0 Å². The average molecular weight is 438 g/mol. The lowest BCUT2D eigenvalue weighted by Crippen LogP contribution is -2.25. The summed E-state index contributed by atoms with van der Waals surface area (Å²) in [5.41, 5.74) is 6.05. The third kappa shape index (κ3) is 11.3. The number of hydrogen-bond acceptors (Lipinski definition) is 2. The van der Waals surface area contributed by atoms with Gasteiger partial charge in [-0.2, -0.15) is 0 Å². The van der Waals surface area contributed by atoms with Gasteiger partial charge in [0, 0.05) is 11.8 Å². The first kappa shape index (κ1) is 29.7. The summed E-state index contributed by atoms with van der Waals surface area (Å²) >= 11 is 0. The van der Waals surface area contributed by atoms with Gasteiger partial charge in [0.25, 0.3) is 0 Å². The van der Waals surface area contributed by atoms with Crippen molar-refractivity contribution in [2.75, 3.05) is 0 Å². The van der Waals surface area contributed by atoms with E-state index in [4.69, 9.17) is 0 Å². The minimum Gasteiger partial charge on any atom is -0.288 e. The molecule has 1 aromatic rings. The number of rotatable bonds is 8. The number of aryl methyl sites for hydroxylation is 1. The molecule has 32 heavy (non-hydrogen) atoms. The Balaban J connectivity index is 0.00000104. The summed E-state index contributed by atoms with van der Waals surface area (Å²) in [6.45, 7) is 18.4. The predicted octanol–water partition coefficient (Wildman–Crippen LogP) is 9.30. The van der Waals surface area contributed by atoms with Crippen LogP contribution in [0.15, 0.2) is 78.6 Å². The fraction of sp³-hybridized carbons (Fsp3) is 0.467. The van der Waals surface area contributed by atoms with Crippen molar-refractivity contribution in [3.8, 4) is 0 Å². The summed E-state index contributed by atoms with van der Waals surface area (Å²) in [7, 11) is 0. The molecule has 1 unspecified atom stereocenters. The van der Waals surface area contributed by atoms with Crippen LogP contribution in [0.4, 0.5) is 0 Å². The smallest absolute Gasteiger partial charge is 0.0712 e. The van der Waals surface area contributed by atoms with Crippen LogP contribution in [-0.2, 0) is 6.42 Å². The van der Waals surface area contributed by atoms with E-state index in [1.54, 1.807) is 0 Å². The molecule has 1 aliphatic rings. The van der Waals surface area contributed by atoms with Crippen LogP contribution in [0.1, 0.15) is 91.7 Å². The average Bonchev–Trinajstić information content (AvgIpc) is 2.82. The van der Waals surface area contributed by atoms with Crippen molar-refractivity contribution in [2.45, 2.75) is 93.0 Å². The molecule has 0 aliphatic carbocycles. The van der Waals surface area contributed by atoms with Crippen LogP contribution in [0, 0.1) is 0 Å². The van der Waals surface area contributed by atoms with Crippen LogP contribution in [0.5, 0.6) is 0 Å². The zero-order valence-electron chi connectivity index (χ0n) is 21.7. The zero-order valence-corrected chi connectivity index (χ0v) is 21.7. The Morgan fingerprint density at radius 1 is 1.06 bits per heavy atom. The predicted molar refractivity (Wildman–Crippen MR) is 144 cm³/mol. The maximum Gasteiger partial charge on any atom is 0.0712 e. The van der Waals surface area contributed by atoms with E-state index >= 15 is 0 Å². The summed E-state index contributed by atoms with van der Waals surface area (Å²) in [4.78, 5) is 0. The third-order valence-corrected chi connectivity index (χ3v) is 5.17. The molecule has 0 aromatic heterocycles. The SMILES string of the molecule is C=CCC.CC/C=C\C(C1=CN(O)C(C)C=C1)=C(/C)c1cccc(CCC)c1.CCCC. The molecule has 0 saturated heterocycles. The van der Waals surface area contributed by atoms with Gasteiger partial charge in [-0.25, -0.2) is 0 Å². The lowest BCUT2D eigenvalue weighted by molar-refractivity contribution is -0.0609. The molecule has 178 valence electrons. The Bertz CT molecular complexity index is 765. The van der Waals surface area contributed by atoms with Crippen molar-refractivity contribution in [3.63, 3.8) is 0 Å². The number of allylic oxidation sites excluding steroid dienone is 7. The second kappa shape index (κ2) is 18.3. The standard InChI is InChI=1S/C22H29NO.C4H10.C4H8/c1-5-7-12-22(21-14-13-17(3)23(24)16-21)18(4)20-11-8-10-19(15-20)9-6-2;2*1-3-4-2/h7-8,10-17,24H,5-6,9H2,1-4H3;3-4H2,1-2H3;3H,1,4H2,2H3/b12-7-,22-18-;;. The van der Waals surface area contributed by atoms with Crippen molar-refractivity contribution in [3.05, 3.63) is 89.7 Å². The normalized spacial score (nSPS) is 15.8. The Kier molecular flexibility index (Phi) is 16.9. The Morgan fingerprint density at radius 2 is 1.72 bits per heavy atom. The Labute approximate surface area is 198 Å². The molecular formula is C30H47NO. The minimum absolute atomic E-state index is 0.0124. The Morgan fingerprint density at radius 3 is 2.22 bits per heavy atom. The number of hydrogen-bond donors (Lipinski definition) is 1. The highest BCUT2D eigenvalue weighted by atomic mass is 16.5. The number of benzene rings is 1. The molecule has 0 fully saturated rings. The summed E-state index contributed by atoms with van der Waals surface area (Å²) < 4.78 is 0. The molecule has 0 spiro atoms. The van der Waals surface area contributed by atoms with Gasteiger partial charge in [0.2, 0.25) is 0 Å². The maximum absolute atomic E-state index is 10.0. The number of unbranched alkanes of at least 4 members (excludes halogenated alkanes) is 1. The second-order valence-electron chi connectivity index (χ2n) is 8.06. The molecule has 1 aromatic carbocycles. The molecular weight excluding hydrogens is 390 g/mol. The number of hydroxylamine groups is 2. The molecule has 1 atom stereocenters. The van der Waals surface area contributed by atoms with E-state index in [0.29, 0.717) is 0 Å². The first-order valence-electron chi connectivity index (χ1n) is 12.3. The van der Waals surface area contributed by atoms with Gasteiger partial charge < -0.3 is 0 Å². The van der Waals surface area contributed by atoms with Crippen LogP contribution in [-0.4, -0.2) is 16.3 Å². The highest BCUT2D eigenvalue weighted by Gasteiger charge is 2.14. The van der Waals surface area contributed by atoms with Crippen LogP contribution < -0.4 is 0 Å². The fourth-order valence-corrected chi connectivity index (χ4v) is 2.87. The highest BCUT2D eigenvalue weighted by Crippen LogP contribution is 2.28. The monoisotopic (exact) mass is 437 g/mol. The summed E-state index contributed by atoms with van der Waals surface area (Å²) in [5, 5.41) is 11.3. The summed E-state index contributed by atoms with van der Waals surface area (Å²) in [6.07, 6.45) is 19.1. The lowest BCUT2D eigenvalue weighted by atomic mass is 9.92. The largest absolute Gasteiger partial charge is 0.288 e. The van der Waals surface area contributed by atoms with Crippen molar-refractivity contribution in [1.29, 1.82) is 0 Å². The molecule has 2 heteroatoms. The molecule has 1 heterocycles. The number of nitrogens with zero attached hydrogens (tertiary/aromatic N) is 1. The van der Waals surface area contributed by atoms with E-state index in [9.17, 15) is 5.21 Å². The van der Waals surface area contributed by atoms with E-state index in [-0.39, 0.29) is 6.04 Å². The van der Waals surface area contributed by atoms with Gasteiger partial charge in [0.1, 0.15) is 0 Å². The van der Waals surface area contributed by atoms with Gasteiger partial charge in [0.05, 0.1) is 6.04 Å². The van der Waals surface area contributed by atoms with Gasteiger partial charge in [-0.15, -0.1) is 6.58 Å². The molecule has 0 amide bonds. The maximum atomic E-state index is 10.0. The minimum atomic E-state index is 0.0124. The van der Waals surface area contributed by atoms with E-state index in [2.05, 4.69) is 90.6 Å². The first-order chi connectivity index (χ1) is 15.4. The van der Waals surface area contributed by atoms with Gasteiger partial charge in [-0.3, -0.25) is 10.3 Å². The van der Waals surface area contributed by atoms with E-state index < -0.39 is 0 Å². The highest BCUT2D eigenvalue weighted by molar-refractivity contribution is 5.75. The van der Waals surface area contributed by atoms with Crippen LogP contribution in [0.3, 0.4) is 0 Å². The third-order valence-electron chi connectivity index (χ3n) is 5.17. The molecule has 0 bridgehead atoms. The zero-order chi connectivity index (χ0) is 24.4. The van der Waals surface area contributed by atoms with Crippen molar-refractivity contribution in [1.82, 2.24) is 5.06 Å².